The van der Waals surface area contributed by atoms with E-state index >= 15 is 4.39 Å². The zero-order valence-corrected chi connectivity index (χ0v) is 24.0. The second kappa shape index (κ2) is 11.7. The second-order valence-corrected chi connectivity index (χ2v) is 10.6. The van der Waals surface area contributed by atoms with Gasteiger partial charge in [0.25, 0.3) is 0 Å². The van der Waals surface area contributed by atoms with E-state index in [1.807, 2.05) is 29.6 Å². The summed E-state index contributed by atoms with van der Waals surface area (Å²) in [6, 6.07) is 10.8. The number of rotatable bonds is 10. The predicted octanol–water partition coefficient (Wildman–Crippen LogP) is 6.56. The van der Waals surface area contributed by atoms with Gasteiger partial charge in [0.05, 0.1) is 46.3 Å². The topological polar surface area (TPSA) is 118 Å². The molecule has 218 valence electrons. The number of ether oxygens (including phenoxy) is 2. The normalized spacial score (nSPS) is 12.1. The molecule has 43 heavy (non-hydrogen) atoms. The monoisotopic (exact) mass is 600 g/mol. The Kier molecular flexibility index (Phi) is 7.70. The highest BCUT2D eigenvalue weighted by Crippen LogP contribution is 2.47. The Hall–Kier alpha value is -4.94. The number of carbonyl (C=O) groups excluding carboxylic acids is 1. The second-order valence-electron chi connectivity index (χ2n) is 9.71. The summed E-state index contributed by atoms with van der Waals surface area (Å²) >= 11 is 1.39. The van der Waals surface area contributed by atoms with Crippen LogP contribution in [0.4, 0.5) is 8.78 Å². The maximum atomic E-state index is 15.8. The van der Waals surface area contributed by atoms with Crippen LogP contribution in [0.15, 0.2) is 66.7 Å². The number of amides is 1. The number of fused-ring (bicyclic) bond motifs is 2. The number of hydrogen-bond acceptors (Lipinski definition) is 7. The first-order valence-electron chi connectivity index (χ1n) is 13.3. The third-order valence-corrected chi connectivity index (χ3v) is 7.85. The van der Waals surface area contributed by atoms with E-state index in [1.54, 1.807) is 19.2 Å². The van der Waals surface area contributed by atoms with Crippen LogP contribution >= 0.6 is 11.3 Å². The number of carbonyl (C=O) groups is 1. The smallest absolute Gasteiger partial charge is 0.243 e. The predicted molar refractivity (Wildman–Crippen MR) is 162 cm³/mol. The summed E-state index contributed by atoms with van der Waals surface area (Å²) in [7, 11) is 1.51. The third-order valence-electron chi connectivity index (χ3n) is 6.92. The largest absolute Gasteiger partial charge is 0.490 e. The average molecular weight is 601 g/mol. The first-order chi connectivity index (χ1) is 20.9. The van der Waals surface area contributed by atoms with E-state index in [1.165, 1.54) is 24.5 Å². The number of nitrogens with one attached hydrogen (secondary N) is 3. The van der Waals surface area contributed by atoms with Gasteiger partial charge in [-0.1, -0.05) is 6.58 Å². The minimum atomic E-state index is -0.810. The number of thiophene rings is 1. The molecule has 1 unspecified atom stereocenters. The molecule has 0 saturated heterocycles. The van der Waals surface area contributed by atoms with Crippen LogP contribution < -0.4 is 10.1 Å². The molecule has 3 N–H and O–H groups in total. The number of pyridine rings is 2. The van der Waals surface area contributed by atoms with Crippen LogP contribution in [0.25, 0.3) is 55.0 Å². The number of aromatic amines is 2. The summed E-state index contributed by atoms with van der Waals surface area (Å²) in [6.07, 6.45) is 2.89. The van der Waals surface area contributed by atoms with Crippen molar-refractivity contribution in [2.45, 2.75) is 13.0 Å². The van der Waals surface area contributed by atoms with Gasteiger partial charge in [0.1, 0.15) is 35.4 Å². The van der Waals surface area contributed by atoms with E-state index in [2.05, 4.69) is 32.1 Å². The summed E-state index contributed by atoms with van der Waals surface area (Å²) in [4.78, 5) is 24.8. The first kappa shape index (κ1) is 28.2. The lowest BCUT2D eigenvalue weighted by Gasteiger charge is -2.17. The number of benzene rings is 1. The van der Waals surface area contributed by atoms with Crippen molar-refractivity contribution < 1.29 is 23.0 Å². The van der Waals surface area contributed by atoms with Gasteiger partial charge in [0.15, 0.2) is 0 Å². The van der Waals surface area contributed by atoms with Gasteiger partial charge in [-0.05, 0) is 48.7 Å². The molecular weight excluding hydrogens is 574 g/mol. The molecule has 12 heteroatoms. The highest BCUT2D eigenvalue weighted by atomic mass is 32.1. The number of H-pyrrole nitrogens is 2. The van der Waals surface area contributed by atoms with Gasteiger partial charge in [-0.25, -0.2) is 13.8 Å². The van der Waals surface area contributed by atoms with Crippen LogP contribution in [0.5, 0.6) is 5.75 Å². The van der Waals surface area contributed by atoms with Crippen LogP contribution in [0.3, 0.4) is 0 Å². The van der Waals surface area contributed by atoms with E-state index in [0.717, 1.165) is 28.6 Å². The fourth-order valence-electron chi connectivity index (χ4n) is 4.90. The van der Waals surface area contributed by atoms with Crippen molar-refractivity contribution in [2.24, 2.45) is 0 Å². The maximum absolute atomic E-state index is 15.8. The SMILES string of the molecule is C=CC(=O)NC(C)c1cc(-c2nc(-c3cc4ncccc4[nH]3)c3ccsc3c2-c2c(F)cc(F)cc2OCCOC)n[nH]1. The van der Waals surface area contributed by atoms with Gasteiger partial charge < -0.3 is 19.8 Å². The first-order valence-corrected chi connectivity index (χ1v) is 14.2. The van der Waals surface area contributed by atoms with Crippen LogP contribution in [0.1, 0.15) is 18.7 Å². The van der Waals surface area contributed by atoms with Crippen LogP contribution in [-0.4, -0.2) is 51.4 Å². The third kappa shape index (κ3) is 5.38. The van der Waals surface area contributed by atoms with E-state index in [-0.39, 0.29) is 30.4 Å². The van der Waals surface area contributed by atoms with Gasteiger partial charge in [0, 0.05) is 41.1 Å². The molecule has 0 fully saturated rings. The molecule has 0 spiro atoms. The Labute approximate surface area is 248 Å². The van der Waals surface area contributed by atoms with Crippen LogP contribution in [0.2, 0.25) is 0 Å². The zero-order valence-electron chi connectivity index (χ0n) is 23.2. The lowest BCUT2D eigenvalue weighted by atomic mass is 9.97. The molecule has 9 nitrogen and oxygen atoms in total. The van der Waals surface area contributed by atoms with Gasteiger partial charge in [-0.15, -0.1) is 11.3 Å². The van der Waals surface area contributed by atoms with Crippen molar-refractivity contribution in [1.29, 1.82) is 0 Å². The molecule has 0 aliphatic carbocycles. The minimum absolute atomic E-state index is 0.0113. The number of methoxy groups -OCH3 is 1. The molecule has 5 aromatic heterocycles. The lowest BCUT2D eigenvalue weighted by Crippen LogP contribution is -2.24. The molecule has 1 atom stereocenters. The van der Waals surface area contributed by atoms with E-state index in [9.17, 15) is 9.18 Å². The fourth-order valence-corrected chi connectivity index (χ4v) is 5.85. The van der Waals surface area contributed by atoms with Crippen LogP contribution in [-0.2, 0) is 9.53 Å². The molecule has 6 aromatic rings. The molecular formula is C31H26F2N6O3S. The molecule has 6 rings (SSSR count). The quantitative estimate of drug-likeness (QED) is 0.121. The Bertz CT molecular complexity index is 1950. The Morgan fingerprint density at radius 3 is 2.81 bits per heavy atom. The number of aromatic nitrogens is 5. The Morgan fingerprint density at radius 1 is 1.16 bits per heavy atom. The molecule has 0 aliphatic rings. The molecule has 1 aromatic carbocycles. The van der Waals surface area contributed by atoms with Crippen molar-refractivity contribution in [2.75, 3.05) is 20.3 Å². The Morgan fingerprint density at radius 2 is 2.02 bits per heavy atom. The van der Waals surface area contributed by atoms with Crippen molar-refractivity contribution >= 4 is 38.4 Å². The summed E-state index contributed by atoms with van der Waals surface area (Å²) < 4.78 is 42.0. The van der Waals surface area contributed by atoms with Crippen molar-refractivity contribution in [3.8, 4) is 39.7 Å². The van der Waals surface area contributed by atoms with Gasteiger partial charge in [-0.3, -0.25) is 14.9 Å². The van der Waals surface area contributed by atoms with E-state index in [0.29, 0.717) is 38.7 Å². The van der Waals surface area contributed by atoms with E-state index in [4.69, 9.17) is 14.5 Å². The molecule has 0 saturated carbocycles. The molecule has 5 heterocycles. The van der Waals surface area contributed by atoms with Gasteiger partial charge in [0.2, 0.25) is 5.91 Å². The summed E-state index contributed by atoms with van der Waals surface area (Å²) in [5, 5.41) is 12.9. The molecule has 0 aliphatic heterocycles. The van der Waals surface area contributed by atoms with Crippen LogP contribution in [0, 0.1) is 11.6 Å². The standard InChI is InChI=1S/C31H26F2N6O3S/c1-4-26(40)35-16(2)21-14-24(39-38-21)30-28(27-19(33)12-17(32)13-25(27)42-10-9-41-3)31-18(7-11-43-31)29(37-30)23-15-22-20(36-23)6-5-8-34-22/h4-8,11-16,36H,1,9-10H2,2-3H3,(H,35,40)(H,38,39). The van der Waals surface area contributed by atoms with Crippen molar-refractivity contribution in [1.82, 2.24) is 30.5 Å². The van der Waals surface area contributed by atoms with Crippen molar-refractivity contribution in [3.63, 3.8) is 0 Å². The van der Waals surface area contributed by atoms with Crippen molar-refractivity contribution in [3.05, 3.63) is 84.0 Å². The van der Waals surface area contributed by atoms with E-state index < -0.39 is 17.7 Å². The number of hydrogen-bond donors (Lipinski definition) is 3. The van der Waals surface area contributed by atoms with Gasteiger partial charge >= 0.3 is 0 Å². The summed E-state index contributed by atoms with van der Waals surface area (Å²) in [5.41, 5.74) is 4.69. The Balaban J connectivity index is 1.61. The highest BCUT2D eigenvalue weighted by Gasteiger charge is 2.27. The molecule has 0 bridgehead atoms. The summed E-state index contributed by atoms with van der Waals surface area (Å²) in [6.45, 7) is 5.59. The molecule has 1 amide bonds. The fraction of sp³-hybridized carbons (Fsp3) is 0.161. The zero-order chi connectivity index (χ0) is 30.1. The summed E-state index contributed by atoms with van der Waals surface area (Å²) in [5.74, 6) is -1.92. The molecule has 0 radical (unpaired) electrons. The highest BCUT2D eigenvalue weighted by molar-refractivity contribution is 7.18. The number of halogens is 2. The average Bonchev–Trinajstić information content (AvgIpc) is 3.76. The lowest BCUT2D eigenvalue weighted by molar-refractivity contribution is -0.117. The number of nitrogens with zero attached hydrogens (tertiary/aromatic N) is 3. The minimum Gasteiger partial charge on any atom is -0.490 e. The van der Waals surface area contributed by atoms with Gasteiger partial charge in [-0.2, -0.15) is 5.10 Å². The maximum Gasteiger partial charge on any atom is 0.243 e.